The highest BCUT2D eigenvalue weighted by atomic mass is 35.5. The molecule has 1 aliphatic heterocycles. The van der Waals surface area contributed by atoms with Gasteiger partial charge in [0.25, 0.3) is 0 Å². The molecule has 4 nitrogen and oxygen atoms in total. The summed E-state index contributed by atoms with van der Waals surface area (Å²) in [6.07, 6.45) is 5.23. The van der Waals surface area contributed by atoms with Crippen LogP contribution in [-0.4, -0.2) is 28.0 Å². The lowest BCUT2D eigenvalue weighted by Crippen LogP contribution is -2.19. The second-order valence-electron chi connectivity index (χ2n) is 12.9. The summed E-state index contributed by atoms with van der Waals surface area (Å²) >= 11 is 6.61. The summed E-state index contributed by atoms with van der Waals surface area (Å²) < 4.78 is 0. The maximum Gasteiger partial charge on any atom is 0.134 e. The third kappa shape index (κ3) is 3.85. The first-order chi connectivity index (χ1) is 18.4. The fourth-order valence-electron chi connectivity index (χ4n) is 7.38. The zero-order chi connectivity index (χ0) is 25.6. The normalized spacial score (nSPS) is 25.9. The third-order valence-electron chi connectivity index (χ3n) is 9.64. The quantitative estimate of drug-likeness (QED) is 0.225. The van der Waals surface area contributed by atoms with Crippen LogP contribution in [-0.2, 0) is 0 Å². The monoisotopic (exact) mass is 536 g/mol. The number of aromatic amines is 2. The average molecular weight is 537 g/mol. The number of nitrogens with one attached hydrogen (secondary N) is 2. The van der Waals surface area contributed by atoms with Crippen molar-refractivity contribution in [2.75, 3.05) is 0 Å². The van der Waals surface area contributed by atoms with Gasteiger partial charge < -0.3 is 9.97 Å². The molecular formula is C32H33ClN4Si. The molecular weight excluding hydrogens is 504 g/mol. The number of hydrogen-bond acceptors (Lipinski definition) is 2. The molecule has 2 aliphatic carbocycles. The molecule has 1 unspecified atom stereocenters. The van der Waals surface area contributed by atoms with Gasteiger partial charge in [0.05, 0.1) is 11.0 Å². The van der Waals surface area contributed by atoms with Crippen molar-refractivity contribution in [3.63, 3.8) is 0 Å². The molecule has 2 aromatic heterocycles. The van der Waals surface area contributed by atoms with Crippen LogP contribution < -0.4 is 0 Å². The Kier molecular flexibility index (Phi) is 5.03. The topological polar surface area (TPSA) is 57.4 Å². The van der Waals surface area contributed by atoms with E-state index in [1.165, 1.54) is 65.5 Å². The number of fused-ring (bicyclic) bond motifs is 4. The van der Waals surface area contributed by atoms with E-state index in [2.05, 4.69) is 77.7 Å². The van der Waals surface area contributed by atoms with Gasteiger partial charge in [0.15, 0.2) is 0 Å². The molecule has 3 heterocycles. The summed E-state index contributed by atoms with van der Waals surface area (Å²) in [7, 11) is -1.04. The number of imidazole rings is 2. The van der Waals surface area contributed by atoms with Crippen LogP contribution in [0.1, 0.15) is 49.2 Å². The fourth-order valence-corrected chi connectivity index (χ4v) is 10.7. The van der Waals surface area contributed by atoms with Crippen molar-refractivity contribution in [1.29, 1.82) is 0 Å². The van der Waals surface area contributed by atoms with Crippen LogP contribution in [0.4, 0.5) is 0 Å². The maximum atomic E-state index is 6.61. The van der Waals surface area contributed by atoms with E-state index in [1.807, 2.05) is 0 Å². The Morgan fingerprint density at radius 1 is 0.789 bits per heavy atom. The van der Waals surface area contributed by atoms with Gasteiger partial charge in [-0.2, -0.15) is 0 Å². The van der Waals surface area contributed by atoms with Crippen molar-refractivity contribution in [2.45, 2.75) is 62.7 Å². The van der Waals surface area contributed by atoms with Crippen LogP contribution in [0, 0.1) is 11.8 Å². The van der Waals surface area contributed by atoms with E-state index in [0.717, 1.165) is 40.0 Å². The molecule has 0 spiro atoms. The first-order valence-electron chi connectivity index (χ1n) is 14.2. The van der Waals surface area contributed by atoms with E-state index in [1.54, 1.807) is 0 Å². The number of benzene rings is 3. The van der Waals surface area contributed by atoms with Gasteiger partial charge in [0.1, 0.15) is 22.5 Å². The van der Waals surface area contributed by atoms with Crippen LogP contribution in [0.5, 0.6) is 0 Å². The Morgan fingerprint density at radius 2 is 1.53 bits per heavy atom. The van der Waals surface area contributed by atoms with E-state index >= 15 is 0 Å². The van der Waals surface area contributed by atoms with E-state index in [4.69, 9.17) is 21.6 Å². The first-order valence-corrected chi connectivity index (χ1v) is 18.0. The van der Waals surface area contributed by atoms with Crippen LogP contribution in [0.15, 0.2) is 54.6 Å². The lowest BCUT2D eigenvalue weighted by molar-refractivity contribution is 0.596. The van der Waals surface area contributed by atoms with Crippen molar-refractivity contribution in [1.82, 2.24) is 19.9 Å². The number of nitrogens with zero attached hydrogens (tertiary/aromatic N) is 2. The molecule has 192 valence electrons. The van der Waals surface area contributed by atoms with E-state index in [0.29, 0.717) is 17.0 Å². The summed E-state index contributed by atoms with van der Waals surface area (Å²) in [5.74, 6) is 5.27. The lowest BCUT2D eigenvalue weighted by Gasteiger charge is -2.13. The Bertz CT molecular complexity index is 1690. The standard InChI is InChI=1S/C32H33ClN4Si/c1-38(2)12-11-22(17-38)31-34-27-10-8-21-13-20(7-9-26(21)29(27)36-31)18-3-5-19(6-4-18)28-30(33)37-32(35-28)25-15-23-14-24(23)16-25/h3-10,13,22-25H,11-12,14-17H2,1-2H3,(H,34,36)(H,35,37)/t22-,23-,24+,25?/m0/s1. The Balaban J connectivity index is 1.07. The zero-order valence-corrected chi connectivity index (χ0v) is 23.8. The molecule has 6 heteroatoms. The highest BCUT2D eigenvalue weighted by Gasteiger charge is 2.47. The molecule has 3 aromatic carbocycles. The molecule has 3 fully saturated rings. The molecule has 4 atom stereocenters. The van der Waals surface area contributed by atoms with Gasteiger partial charge >= 0.3 is 0 Å². The molecule has 0 radical (unpaired) electrons. The summed E-state index contributed by atoms with van der Waals surface area (Å²) in [5.41, 5.74) is 6.60. The van der Waals surface area contributed by atoms with Crippen molar-refractivity contribution >= 4 is 41.5 Å². The van der Waals surface area contributed by atoms with E-state index in [9.17, 15) is 0 Å². The van der Waals surface area contributed by atoms with Crippen molar-refractivity contribution < 1.29 is 0 Å². The minimum atomic E-state index is -1.04. The SMILES string of the molecule is C[Si]1(C)CC[C@H](c2nc3c(ccc4cc(-c5ccc(-c6nc(C7C[C@@H]8C[C@@H]8C7)[nH]c6Cl)cc5)ccc43)[nH]2)C1. The Hall–Kier alpha value is -2.89. The van der Waals surface area contributed by atoms with Crippen molar-refractivity contribution in [2.24, 2.45) is 11.8 Å². The number of halogens is 1. The number of hydrogen-bond donors (Lipinski definition) is 2. The molecule has 3 aliphatic rings. The maximum absolute atomic E-state index is 6.61. The molecule has 8 rings (SSSR count). The van der Waals surface area contributed by atoms with Gasteiger partial charge in [0.2, 0.25) is 0 Å². The van der Waals surface area contributed by atoms with Crippen LogP contribution in [0.25, 0.3) is 44.2 Å². The molecule has 0 bridgehead atoms. The third-order valence-corrected chi connectivity index (χ3v) is 13.2. The second kappa shape index (κ2) is 8.30. The Labute approximate surface area is 229 Å². The van der Waals surface area contributed by atoms with Gasteiger partial charge in [0, 0.05) is 30.9 Å². The molecule has 38 heavy (non-hydrogen) atoms. The predicted octanol–water partition coefficient (Wildman–Crippen LogP) is 9.14. The molecule has 1 saturated heterocycles. The highest BCUT2D eigenvalue weighted by Crippen LogP contribution is 2.57. The summed E-state index contributed by atoms with van der Waals surface area (Å²) in [6, 6.07) is 22.6. The minimum absolute atomic E-state index is 0.547. The number of aromatic nitrogens is 4. The second-order valence-corrected chi connectivity index (χ2v) is 18.5. The van der Waals surface area contributed by atoms with E-state index in [-0.39, 0.29) is 0 Å². The van der Waals surface area contributed by atoms with Gasteiger partial charge in [-0.3, -0.25) is 0 Å². The largest absolute Gasteiger partial charge is 0.342 e. The van der Waals surface area contributed by atoms with Gasteiger partial charge in [-0.1, -0.05) is 73.2 Å². The predicted molar refractivity (Wildman–Crippen MR) is 160 cm³/mol. The van der Waals surface area contributed by atoms with Gasteiger partial charge in [-0.15, -0.1) is 0 Å². The number of rotatable bonds is 4. The summed E-state index contributed by atoms with van der Waals surface area (Å²) in [4.78, 5) is 17.1. The van der Waals surface area contributed by atoms with Gasteiger partial charge in [-0.25, -0.2) is 9.97 Å². The Morgan fingerprint density at radius 3 is 2.29 bits per heavy atom. The average Bonchev–Trinajstić information content (AvgIpc) is 3.35. The zero-order valence-electron chi connectivity index (χ0n) is 22.0. The smallest absolute Gasteiger partial charge is 0.134 e. The summed E-state index contributed by atoms with van der Waals surface area (Å²) in [5, 5.41) is 3.11. The van der Waals surface area contributed by atoms with Crippen molar-refractivity contribution in [3.05, 3.63) is 71.4 Å². The summed E-state index contributed by atoms with van der Waals surface area (Å²) in [6.45, 7) is 5.02. The molecule has 5 aromatic rings. The van der Waals surface area contributed by atoms with E-state index < -0.39 is 8.07 Å². The van der Waals surface area contributed by atoms with Gasteiger partial charge in [-0.05, 0) is 72.2 Å². The minimum Gasteiger partial charge on any atom is -0.342 e. The molecule has 2 saturated carbocycles. The van der Waals surface area contributed by atoms with Crippen LogP contribution >= 0.6 is 11.6 Å². The highest BCUT2D eigenvalue weighted by molar-refractivity contribution is 6.78. The number of H-pyrrole nitrogens is 2. The van der Waals surface area contributed by atoms with Crippen LogP contribution in [0.3, 0.4) is 0 Å². The molecule has 2 N–H and O–H groups in total. The van der Waals surface area contributed by atoms with Crippen LogP contribution in [0.2, 0.25) is 30.3 Å². The first kappa shape index (κ1) is 23.0. The lowest BCUT2D eigenvalue weighted by atomic mass is 9.99. The van der Waals surface area contributed by atoms with Crippen molar-refractivity contribution in [3.8, 4) is 22.4 Å². The molecule has 0 amide bonds. The fraction of sp³-hybridized carbons (Fsp3) is 0.375.